The van der Waals surface area contributed by atoms with Gasteiger partial charge in [-0.1, -0.05) is 12.1 Å². The molecule has 1 aromatic heterocycles. The molecule has 0 aliphatic carbocycles. The van der Waals surface area contributed by atoms with Gasteiger partial charge in [0.05, 0.1) is 11.9 Å². The molecule has 1 atom stereocenters. The van der Waals surface area contributed by atoms with E-state index >= 15 is 0 Å². The van der Waals surface area contributed by atoms with E-state index in [0.29, 0.717) is 12.1 Å². The quantitative estimate of drug-likeness (QED) is 0.678. The Hall–Kier alpha value is -1.96. The fourth-order valence-electron chi connectivity index (χ4n) is 1.55. The number of rotatable bonds is 6. The number of aliphatic carboxylic acids is 1. The van der Waals surface area contributed by atoms with Crippen molar-refractivity contribution in [3.8, 4) is 0 Å². The van der Waals surface area contributed by atoms with Crippen LogP contribution in [0.1, 0.15) is 19.0 Å². The largest absolute Gasteiger partial charge is 0.480 e. The van der Waals surface area contributed by atoms with Crippen molar-refractivity contribution >= 4 is 11.9 Å². The van der Waals surface area contributed by atoms with Crippen molar-refractivity contribution in [2.24, 2.45) is 5.73 Å². The lowest BCUT2D eigenvalue weighted by Crippen LogP contribution is -2.43. The Bertz CT molecular complexity index is 431. The number of carbonyl (C=O) groups excluding carboxylic acids is 1. The second kappa shape index (κ2) is 6.10. The SMILES string of the molecule is CCC(C(=O)O)N(C)C(=O)Cn1cc(CN)nn1. The number of hydrogen-bond donors (Lipinski definition) is 2. The molecular formula is C10H17N5O3. The fraction of sp³-hybridized carbons (Fsp3) is 0.600. The van der Waals surface area contributed by atoms with E-state index in [0.717, 1.165) is 0 Å². The summed E-state index contributed by atoms with van der Waals surface area (Å²) in [4.78, 5) is 24.0. The molecule has 0 aromatic carbocycles. The van der Waals surface area contributed by atoms with Crippen molar-refractivity contribution in [2.45, 2.75) is 32.5 Å². The lowest BCUT2D eigenvalue weighted by molar-refractivity contribution is -0.149. The van der Waals surface area contributed by atoms with Crippen LogP contribution in [0, 0.1) is 0 Å². The lowest BCUT2D eigenvalue weighted by Gasteiger charge is -2.23. The minimum Gasteiger partial charge on any atom is -0.480 e. The first-order chi connectivity index (χ1) is 8.49. The molecule has 1 heterocycles. The summed E-state index contributed by atoms with van der Waals surface area (Å²) in [5.41, 5.74) is 5.95. The predicted molar refractivity (Wildman–Crippen MR) is 62.4 cm³/mol. The molecule has 0 aliphatic rings. The Kier molecular flexibility index (Phi) is 4.78. The van der Waals surface area contributed by atoms with Gasteiger partial charge < -0.3 is 15.7 Å². The number of carboxylic acids is 1. The van der Waals surface area contributed by atoms with Gasteiger partial charge in [-0.2, -0.15) is 0 Å². The van der Waals surface area contributed by atoms with E-state index in [4.69, 9.17) is 10.8 Å². The highest BCUT2D eigenvalue weighted by Gasteiger charge is 2.24. The maximum absolute atomic E-state index is 11.9. The maximum Gasteiger partial charge on any atom is 0.326 e. The van der Waals surface area contributed by atoms with Gasteiger partial charge in [0.25, 0.3) is 0 Å². The van der Waals surface area contributed by atoms with Crippen molar-refractivity contribution in [1.29, 1.82) is 0 Å². The molecule has 1 rings (SSSR count). The molecule has 0 radical (unpaired) electrons. The van der Waals surface area contributed by atoms with Crippen molar-refractivity contribution in [1.82, 2.24) is 19.9 Å². The second-order valence-corrected chi connectivity index (χ2v) is 3.88. The molecule has 0 bridgehead atoms. The van der Waals surface area contributed by atoms with Crippen LogP contribution in [-0.4, -0.2) is 50.0 Å². The molecule has 0 spiro atoms. The number of nitrogens with two attached hydrogens (primary N) is 1. The number of carbonyl (C=O) groups is 2. The number of aromatic nitrogens is 3. The van der Waals surface area contributed by atoms with Crippen LogP contribution in [0.3, 0.4) is 0 Å². The van der Waals surface area contributed by atoms with Gasteiger partial charge in [0.2, 0.25) is 5.91 Å². The fourth-order valence-corrected chi connectivity index (χ4v) is 1.55. The van der Waals surface area contributed by atoms with Gasteiger partial charge in [-0.25, -0.2) is 9.48 Å². The van der Waals surface area contributed by atoms with Crippen LogP contribution in [0.25, 0.3) is 0 Å². The zero-order chi connectivity index (χ0) is 13.7. The molecule has 1 amide bonds. The van der Waals surface area contributed by atoms with E-state index in [2.05, 4.69) is 10.3 Å². The Labute approximate surface area is 104 Å². The standard InChI is InChI=1S/C10H17N5O3/c1-3-8(10(17)18)14(2)9(16)6-15-5-7(4-11)12-13-15/h5,8H,3-4,6,11H2,1-2H3,(H,17,18). The highest BCUT2D eigenvalue weighted by atomic mass is 16.4. The third-order valence-corrected chi connectivity index (χ3v) is 2.63. The summed E-state index contributed by atoms with van der Waals surface area (Å²) in [5.74, 6) is -1.35. The molecule has 1 aromatic rings. The van der Waals surface area contributed by atoms with E-state index in [-0.39, 0.29) is 19.0 Å². The molecule has 0 fully saturated rings. The number of likely N-dealkylation sites (N-methyl/N-ethyl adjacent to an activating group) is 1. The van der Waals surface area contributed by atoms with Crippen molar-refractivity contribution in [3.05, 3.63) is 11.9 Å². The minimum atomic E-state index is -1.02. The number of hydrogen-bond acceptors (Lipinski definition) is 5. The first-order valence-electron chi connectivity index (χ1n) is 5.57. The zero-order valence-electron chi connectivity index (χ0n) is 10.4. The van der Waals surface area contributed by atoms with Gasteiger partial charge in [-0.05, 0) is 6.42 Å². The first kappa shape index (κ1) is 14.1. The zero-order valence-corrected chi connectivity index (χ0v) is 10.4. The summed E-state index contributed by atoms with van der Waals surface area (Å²) in [6.45, 7) is 1.91. The number of amides is 1. The monoisotopic (exact) mass is 255 g/mol. The van der Waals surface area contributed by atoms with Crippen molar-refractivity contribution in [3.63, 3.8) is 0 Å². The topological polar surface area (TPSA) is 114 Å². The molecule has 8 nitrogen and oxygen atoms in total. The third-order valence-electron chi connectivity index (χ3n) is 2.63. The molecule has 0 saturated carbocycles. The average molecular weight is 255 g/mol. The van der Waals surface area contributed by atoms with Crippen LogP contribution in [-0.2, 0) is 22.7 Å². The van der Waals surface area contributed by atoms with Crippen LogP contribution in [0.5, 0.6) is 0 Å². The lowest BCUT2D eigenvalue weighted by atomic mass is 10.2. The predicted octanol–water partition coefficient (Wildman–Crippen LogP) is -0.942. The van der Waals surface area contributed by atoms with Gasteiger partial charge in [-0.15, -0.1) is 5.10 Å². The van der Waals surface area contributed by atoms with Crippen LogP contribution in [0.2, 0.25) is 0 Å². The molecule has 1 unspecified atom stereocenters. The van der Waals surface area contributed by atoms with E-state index in [1.807, 2.05) is 0 Å². The summed E-state index contributed by atoms with van der Waals surface area (Å²) in [7, 11) is 1.46. The second-order valence-electron chi connectivity index (χ2n) is 3.88. The van der Waals surface area contributed by atoms with Crippen LogP contribution < -0.4 is 5.73 Å². The Morgan fingerprint density at radius 3 is 2.72 bits per heavy atom. The van der Waals surface area contributed by atoms with Gasteiger partial charge in [0.15, 0.2) is 0 Å². The van der Waals surface area contributed by atoms with Crippen molar-refractivity contribution < 1.29 is 14.7 Å². The summed E-state index contributed by atoms with van der Waals surface area (Å²) in [5, 5.41) is 16.4. The van der Waals surface area contributed by atoms with Gasteiger partial charge >= 0.3 is 5.97 Å². The maximum atomic E-state index is 11.9. The summed E-state index contributed by atoms with van der Waals surface area (Å²) >= 11 is 0. The van der Waals surface area contributed by atoms with Crippen LogP contribution in [0.15, 0.2) is 6.20 Å². The van der Waals surface area contributed by atoms with Gasteiger partial charge in [0.1, 0.15) is 12.6 Å². The molecular weight excluding hydrogens is 238 g/mol. The highest BCUT2D eigenvalue weighted by molar-refractivity contribution is 5.83. The van der Waals surface area contributed by atoms with E-state index in [9.17, 15) is 9.59 Å². The van der Waals surface area contributed by atoms with E-state index in [1.165, 1.54) is 16.6 Å². The average Bonchev–Trinajstić information content (AvgIpc) is 2.77. The number of carboxylic acid groups (broad SMARTS) is 1. The summed E-state index contributed by atoms with van der Waals surface area (Å²) in [6, 6.07) is -0.824. The number of nitrogens with zero attached hydrogens (tertiary/aromatic N) is 4. The Morgan fingerprint density at radius 2 is 2.28 bits per heavy atom. The van der Waals surface area contributed by atoms with E-state index < -0.39 is 12.0 Å². The van der Waals surface area contributed by atoms with E-state index in [1.54, 1.807) is 13.1 Å². The molecule has 0 aliphatic heterocycles. The third kappa shape index (κ3) is 3.27. The normalized spacial score (nSPS) is 12.2. The minimum absolute atomic E-state index is 0.0483. The molecule has 0 saturated heterocycles. The highest BCUT2D eigenvalue weighted by Crippen LogP contribution is 2.03. The summed E-state index contributed by atoms with van der Waals surface area (Å²) in [6.07, 6.45) is 1.91. The Morgan fingerprint density at radius 1 is 1.61 bits per heavy atom. The van der Waals surface area contributed by atoms with Crippen LogP contribution in [0.4, 0.5) is 0 Å². The molecule has 18 heavy (non-hydrogen) atoms. The van der Waals surface area contributed by atoms with Gasteiger partial charge in [-0.3, -0.25) is 4.79 Å². The summed E-state index contributed by atoms with van der Waals surface area (Å²) < 4.78 is 1.34. The van der Waals surface area contributed by atoms with Crippen molar-refractivity contribution in [2.75, 3.05) is 7.05 Å². The van der Waals surface area contributed by atoms with Crippen LogP contribution >= 0.6 is 0 Å². The molecule has 8 heteroatoms. The smallest absolute Gasteiger partial charge is 0.326 e. The molecule has 100 valence electrons. The Balaban J connectivity index is 2.66. The first-order valence-corrected chi connectivity index (χ1v) is 5.57. The molecule has 3 N–H and O–H groups in total. The van der Waals surface area contributed by atoms with Gasteiger partial charge in [0, 0.05) is 13.6 Å².